The number of aliphatic carboxylic acids is 1. The van der Waals surface area contributed by atoms with Gasteiger partial charge in [0.25, 0.3) is 0 Å². The second-order valence-corrected chi connectivity index (χ2v) is 8.49. The van der Waals surface area contributed by atoms with Crippen LogP contribution in [0.5, 0.6) is 0 Å². The SMILES string of the molecule is CC(C)Cn1cc(-c2ccc(CCC(CCCc3ccccc3)C(=O)O)cc2)cn1. The average molecular weight is 405 g/mol. The highest BCUT2D eigenvalue weighted by molar-refractivity contribution is 5.70. The van der Waals surface area contributed by atoms with Crippen molar-refractivity contribution >= 4 is 5.97 Å². The Kier molecular flexibility index (Phi) is 7.83. The van der Waals surface area contributed by atoms with Crippen LogP contribution in [0.25, 0.3) is 11.1 Å². The summed E-state index contributed by atoms with van der Waals surface area (Å²) < 4.78 is 1.99. The van der Waals surface area contributed by atoms with Gasteiger partial charge in [-0.15, -0.1) is 0 Å². The van der Waals surface area contributed by atoms with Crippen LogP contribution >= 0.6 is 0 Å². The fraction of sp³-hybridized carbons (Fsp3) is 0.385. The van der Waals surface area contributed by atoms with E-state index >= 15 is 0 Å². The molecule has 1 N–H and O–H groups in total. The number of carboxylic acid groups (broad SMARTS) is 1. The molecule has 1 atom stereocenters. The van der Waals surface area contributed by atoms with Crippen LogP contribution < -0.4 is 0 Å². The highest BCUT2D eigenvalue weighted by Gasteiger charge is 2.17. The lowest BCUT2D eigenvalue weighted by molar-refractivity contribution is -0.142. The Bertz CT molecular complexity index is 914. The van der Waals surface area contributed by atoms with Gasteiger partial charge in [0.15, 0.2) is 0 Å². The van der Waals surface area contributed by atoms with Gasteiger partial charge in [-0.05, 0) is 54.7 Å². The van der Waals surface area contributed by atoms with Crippen molar-refractivity contribution < 1.29 is 9.90 Å². The van der Waals surface area contributed by atoms with Crippen LogP contribution in [0.1, 0.15) is 44.2 Å². The molecule has 0 saturated heterocycles. The summed E-state index contributed by atoms with van der Waals surface area (Å²) in [6.45, 7) is 5.28. The van der Waals surface area contributed by atoms with Crippen molar-refractivity contribution in [1.29, 1.82) is 0 Å². The third-order valence-corrected chi connectivity index (χ3v) is 5.46. The molecule has 4 nitrogen and oxygen atoms in total. The van der Waals surface area contributed by atoms with Crippen molar-refractivity contribution in [3.05, 3.63) is 78.1 Å². The van der Waals surface area contributed by atoms with Crippen molar-refractivity contribution in [1.82, 2.24) is 9.78 Å². The van der Waals surface area contributed by atoms with Crippen molar-refractivity contribution in [3.8, 4) is 11.1 Å². The molecule has 1 unspecified atom stereocenters. The van der Waals surface area contributed by atoms with Gasteiger partial charge in [-0.3, -0.25) is 9.48 Å². The van der Waals surface area contributed by atoms with E-state index in [4.69, 9.17) is 0 Å². The Labute approximate surface area is 179 Å². The van der Waals surface area contributed by atoms with Crippen molar-refractivity contribution in [3.63, 3.8) is 0 Å². The van der Waals surface area contributed by atoms with Gasteiger partial charge in [0, 0.05) is 18.3 Å². The minimum absolute atomic E-state index is 0.289. The maximum absolute atomic E-state index is 11.7. The molecule has 158 valence electrons. The van der Waals surface area contributed by atoms with Crippen LogP contribution in [0.3, 0.4) is 0 Å². The molecule has 0 saturated carbocycles. The van der Waals surface area contributed by atoms with E-state index < -0.39 is 5.97 Å². The summed E-state index contributed by atoms with van der Waals surface area (Å²) in [5.41, 5.74) is 4.72. The monoisotopic (exact) mass is 404 g/mol. The molecular formula is C26H32N2O2. The van der Waals surface area contributed by atoms with Crippen molar-refractivity contribution in [2.45, 2.75) is 52.5 Å². The van der Waals surface area contributed by atoms with E-state index in [0.717, 1.165) is 43.4 Å². The highest BCUT2D eigenvalue weighted by Crippen LogP contribution is 2.22. The fourth-order valence-electron chi connectivity index (χ4n) is 3.78. The second kappa shape index (κ2) is 10.8. The fourth-order valence-corrected chi connectivity index (χ4v) is 3.78. The number of nitrogens with zero attached hydrogens (tertiary/aromatic N) is 2. The maximum atomic E-state index is 11.7. The number of hydrogen-bond donors (Lipinski definition) is 1. The van der Waals surface area contributed by atoms with Crippen LogP contribution in [0, 0.1) is 11.8 Å². The van der Waals surface area contributed by atoms with Gasteiger partial charge < -0.3 is 5.11 Å². The highest BCUT2D eigenvalue weighted by atomic mass is 16.4. The molecule has 0 amide bonds. The average Bonchev–Trinajstić information content (AvgIpc) is 3.19. The quantitative estimate of drug-likeness (QED) is 0.435. The molecule has 0 aliphatic heterocycles. The first-order valence-electron chi connectivity index (χ1n) is 10.9. The van der Waals surface area contributed by atoms with E-state index in [-0.39, 0.29) is 5.92 Å². The molecule has 0 radical (unpaired) electrons. The zero-order valence-electron chi connectivity index (χ0n) is 18.0. The Balaban J connectivity index is 1.51. The zero-order chi connectivity index (χ0) is 21.3. The Morgan fingerprint density at radius 2 is 1.63 bits per heavy atom. The van der Waals surface area contributed by atoms with Crippen molar-refractivity contribution in [2.24, 2.45) is 11.8 Å². The molecule has 4 heteroatoms. The molecule has 0 aliphatic rings. The molecule has 0 spiro atoms. The van der Waals surface area contributed by atoms with Gasteiger partial charge in [-0.2, -0.15) is 5.10 Å². The molecule has 2 aromatic carbocycles. The Morgan fingerprint density at radius 1 is 0.933 bits per heavy atom. The lowest BCUT2D eigenvalue weighted by atomic mass is 9.93. The number of carbonyl (C=O) groups is 1. The predicted molar refractivity (Wildman–Crippen MR) is 121 cm³/mol. The molecule has 1 aromatic heterocycles. The van der Waals surface area contributed by atoms with E-state index in [0.29, 0.717) is 12.3 Å². The van der Waals surface area contributed by atoms with Gasteiger partial charge in [0.1, 0.15) is 0 Å². The van der Waals surface area contributed by atoms with Crippen molar-refractivity contribution in [2.75, 3.05) is 0 Å². The normalized spacial score (nSPS) is 12.2. The summed E-state index contributed by atoms with van der Waals surface area (Å²) >= 11 is 0. The largest absolute Gasteiger partial charge is 0.481 e. The maximum Gasteiger partial charge on any atom is 0.306 e. The number of aryl methyl sites for hydroxylation is 2. The molecular weight excluding hydrogens is 372 g/mol. The molecule has 3 rings (SSSR count). The minimum Gasteiger partial charge on any atom is -0.481 e. The van der Waals surface area contributed by atoms with Crippen LogP contribution in [0.15, 0.2) is 67.0 Å². The third-order valence-electron chi connectivity index (χ3n) is 5.46. The summed E-state index contributed by atoms with van der Waals surface area (Å²) in [5.74, 6) is -0.407. The van der Waals surface area contributed by atoms with Gasteiger partial charge in [-0.25, -0.2) is 0 Å². The molecule has 0 bridgehead atoms. The van der Waals surface area contributed by atoms with E-state index in [1.54, 1.807) is 0 Å². The molecule has 0 aliphatic carbocycles. The summed E-state index contributed by atoms with van der Waals surface area (Å²) in [7, 11) is 0. The topological polar surface area (TPSA) is 55.1 Å². The van der Waals surface area contributed by atoms with Gasteiger partial charge >= 0.3 is 5.97 Å². The van der Waals surface area contributed by atoms with Gasteiger partial charge in [0.2, 0.25) is 0 Å². The van der Waals surface area contributed by atoms with Crippen LogP contribution in [-0.4, -0.2) is 20.9 Å². The third kappa shape index (κ3) is 6.58. The number of rotatable bonds is 11. The number of aromatic nitrogens is 2. The number of benzene rings is 2. The summed E-state index contributed by atoms with van der Waals surface area (Å²) in [6, 6.07) is 18.7. The lowest BCUT2D eigenvalue weighted by Gasteiger charge is -2.12. The van der Waals surface area contributed by atoms with E-state index in [1.165, 1.54) is 11.1 Å². The van der Waals surface area contributed by atoms with Gasteiger partial charge in [-0.1, -0.05) is 68.4 Å². The molecule has 1 heterocycles. The van der Waals surface area contributed by atoms with E-state index in [2.05, 4.69) is 61.5 Å². The Morgan fingerprint density at radius 3 is 2.30 bits per heavy atom. The van der Waals surface area contributed by atoms with Gasteiger partial charge in [0.05, 0.1) is 12.1 Å². The predicted octanol–water partition coefficient (Wildman–Crippen LogP) is 5.86. The molecule has 0 fully saturated rings. The first kappa shape index (κ1) is 21.8. The molecule has 30 heavy (non-hydrogen) atoms. The number of carboxylic acids is 1. The van der Waals surface area contributed by atoms with E-state index in [9.17, 15) is 9.90 Å². The van der Waals surface area contributed by atoms with Crippen LogP contribution in [0.2, 0.25) is 0 Å². The summed E-state index contributed by atoms with van der Waals surface area (Å²) in [6.07, 6.45) is 8.01. The summed E-state index contributed by atoms with van der Waals surface area (Å²) in [4.78, 5) is 11.7. The zero-order valence-corrected chi connectivity index (χ0v) is 18.0. The van der Waals surface area contributed by atoms with Crippen LogP contribution in [0.4, 0.5) is 0 Å². The Hall–Kier alpha value is -2.88. The minimum atomic E-state index is -0.683. The standard InChI is InChI=1S/C26H32N2O2/c1-20(2)18-28-19-25(17-27-28)23-14-11-22(12-15-23)13-16-24(26(29)30)10-6-9-21-7-4-3-5-8-21/h3-5,7-8,11-12,14-15,17,19-20,24H,6,9-10,13,16,18H2,1-2H3,(H,29,30). The smallest absolute Gasteiger partial charge is 0.306 e. The molecule has 3 aromatic rings. The lowest BCUT2D eigenvalue weighted by Crippen LogP contribution is -2.15. The van der Waals surface area contributed by atoms with Crippen LogP contribution in [-0.2, 0) is 24.2 Å². The second-order valence-electron chi connectivity index (χ2n) is 8.49. The van der Waals surface area contributed by atoms with E-state index in [1.807, 2.05) is 29.1 Å². The summed E-state index contributed by atoms with van der Waals surface area (Å²) in [5, 5.41) is 14.0. The first-order valence-corrected chi connectivity index (χ1v) is 10.9. The first-order chi connectivity index (χ1) is 14.5. The number of hydrogen-bond acceptors (Lipinski definition) is 2.